The van der Waals surface area contributed by atoms with Crippen molar-refractivity contribution >= 4 is 23.5 Å². The van der Waals surface area contributed by atoms with E-state index in [0.717, 1.165) is 5.56 Å². The van der Waals surface area contributed by atoms with E-state index in [0.29, 0.717) is 23.6 Å². The molecule has 0 saturated carbocycles. The number of hydrogen-bond acceptors (Lipinski definition) is 6. The lowest BCUT2D eigenvalue weighted by molar-refractivity contribution is -0.155. The monoisotopic (exact) mass is 459 g/mol. The van der Waals surface area contributed by atoms with Crippen LogP contribution in [0, 0.1) is 5.92 Å². The molecule has 3 aromatic rings. The van der Waals surface area contributed by atoms with E-state index in [2.05, 4.69) is 4.98 Å². The van der Waals surface area contributed by atoms with Crippen LogP contribution < -0.4 is 4.90 Å². The average Bonchev–Trinajstić information content (AvgIpc) is 3.37. The standard InChI is InChI=1S/C26H25N3O5/c1-2-34-26(33)23(30)19-13-18-20(25(32)29(24(18)31)17-11-7-4-8-12-17)22-21(19)27-15-28(22)14-16-9-5-3-6-10-16/h3-12,15,18-20,23,30H,2,13-14H2,1H3/t18-,19-,20-,23+/m0/s1. The molecule has 0 unspecified atom stereocenters. The van der Waals surface area contributed by atoms with Crippen LogP contribution in [0.1, 0.15) is 42.1 Å². The Hall–Kier alpha value is -3.78. The highest BCUT2D eigenvalue weighted by molar-refractivity contribution is 6.24. The van der Waals surface area contributed by atoms with Crippen LogP contribution in [0.3, 0.4) is 0 Å². The fourth-order valence-corrected chi connectivity index (χ4v) is 5.10. The van der Waals surface area contributed by atoms with Gasteiger partial charge in [-0.05, 0) is 31.0 Å². The van der Waals surface area contributed by atoms with Crippen molar-refractivity contribution in [2.45, 2.75) is 37.8 Å². The Morgan fingerprint density at radius 2 is 1.76 bits per heavy atom. The van der Waals surface area contributed by atoms with Crippen molar-refractivity contribution in [3.63, 3.8) is 0 Å². The zero-order chi connectivity index (χ0) is 23.8. The van der Waals surface area contributed by atoms with E-state index in [1.165, 1.54) is 4.90 Å². The molecule has 1 aromatic heterocycles. The smallest absolute Gasteiger partial charge is 0.335 e. The number of imidazole rings is 1. The van der Waals surface area contributed by atoms with Crippen LogP contribution in [-0.2, 0) is 25.7 Å². The van der Waals surface area contributed by atoms with Gasteiger partial charge in [-0.2, -0.15) is 0 Å². The van der Waals surface area contributed by atoms with Gasteiger partial charge >= 0.3 is 5.97 Å². The van der Waals surface area contributed by atoms with Crippen LogP contribution >= 0.6 is 0 Å². The molecular formula is C26H25N3O5. The van der Waals surface area contributed by atoms with Crippen LogP contribution in [0.2, 0.25) is 0 Å². The van der Waals surface area contributed by atoms with Crippen molar-refractivity contribution < 1.29 is 24.2 Å². The van der Waals surface area contributed by atoms with Crippen molar-refractivity contribution in [3.8, 4) is 0 Å². The second kappa shape index (κ2) is 8.87. The van der Waals surface area contributed by atoms with Crippen molar-refractivity contribution in [1.82, 2.24) is 9.55 Å². The summed E-state index contributed by atoms with van der Waals surface area (Å²) in [6, 6.07) is 18.5. The summed E-state index contributed by atoms with van der Waals surface area (Å²) in [7, 11) is 0. The lowest BCUT2D eigenvalue weighted by atomic mass is 9.73. The Bertz CT molecular complexity index is 1220. The first-order chi connectivity index (χ1) is 16.5. The normalized spacial score (nSPS) is 22.3. The van der Waals surface area contributed by atoms with E-state index in [4.69, 9.17) is 4.74 Å². The minimum absolute atomic E-state index is 0.128. The van der Waals surface area contributed by atoms with E-state index in [1.807, 2.05) is 41.0 Å². The fraction of sp³-hybridized carbons (Fsp3) is 0.308. The van der Waals surface area contributed by atoms with Crippen molar-refractivity contribution in [1.29, 1.82) is 0 Å². The van der Waals surface area contributed by atoms with Gasteiger partial charge in [0, 0.05) is 12.5 Å². The first-order valence-corrected chi connectivity index (χ1v) is 11.4. The van der Waals surface area contributed by atoms with Crippen LogP contribution in [0.4, 0.5) is 5.69 Å². The van der Waals surface area contributed by atoms with Gasteiger partial charge in [0.2, 0.25) is 11.8 Å². The molecule has 1 N–H and O–H groups in total. The Kier molecular flexibility index (Phi) is 5.75. The van der Waals surface area contributed by atoms with Gasteiger partial charge in [0.25, 0.3) is 0 Å². The van der Waals surface area contributed by atoms with Gasteiger partial charge in [0.1, 0.15) is 0 Å². The number of benzene rings is 2. The Morgan fingerprint density at radius 1 is 1.09 bits per heavy atom. The number of nitrogens with zero attached hydrogens (tertiary/aromatic N) is 3. The predicted molar refractivity (Wildman–Crippen MR) is 123 cm³/mol. The lowest BCUT2D eigenvalue weighted by Crippen LogP contribution is -2.37. The summed E-state index contributed by atoms with van der Waals surface area (Å²) in [5, 5.41) is 10.8. The van der Waals surface area contributed by atoms with Crippen LogP contribution in [0.15, 0.2) is 67.0 Å². The maximum absolute atomic E-state index is 13.6. The van der Waals surface area contributed by atoms with Crippen molar-refractivity contribution in [2.24, 2.45) is 5.92 Å². The van der Waals surface area contributed by atoms with Gasteiger partial charge in [-0.25, -0.2) is 14.7 Å². The van der Waals surface area contributed by atoms with Gasteiger partial charge in [-0.15, -0.1) is 0 Å². The average molecular weight is 460 g/mol. The maximum Gasteiger partial charge on any atom is 0.335 e. The van der Waals surface area contributed by atoms with E-state index in [-0.39, 0.29) is 24.8 Å². The Balaban J connectivity index is 1.60. The van der Waals surface area contributed by atoms with E-state index >= 15 is 0 Å². The summed E-state index contributed by atoms with van der Waals surface area (Å²) in [5.41, 5.74) is 2.55. The molecule has 8 heteroatoms. The number of aliphatic hydroxyl groups excluding tert-OH is 1. The van der Waals surface area contributed by atoms with Crippen molar-refractivity contribution in [2.75, 3.05) is 11.5 Å². The molecule has 174 valence electrons. The summed E-state index contributed by atoms with van der Waals surface area (Å²) in [4.78, 5) is 45.3. The third-order valence-corrected chi connectivity index (χ3v) is 6.61. The minimum atomic E-state index is -1.48. The molecule has 5 rings (SSSR count). The number of imide groups is 1. The number of aromatic nitrogens is 2. The second-order valence-electron chi connectivity index (χ2n) is 8.60. The van der Waals surface area contributed by atoms with Gasteiger partial charge in [0.05, 0.1) is 41.8 Å². The SMILES string of the molecule is CCOC(=O)[C@H](O)[C@H]1C[C@@H]2C(=O)N(c3ccccc3)C(=O)[C@@H]2c2c1ncn2Cc1ccccc1. The van der Waals surface area contributed by atoms with E-state index < -0.39 is 29.8 Å². The summed E-state index contributed by atoms with van der Waals surface area (Å²) < 4.78 is 6.89. The molecule has 0 radical (unpaired) electrons. The van der Waals surface area contributed by atoms with Gasteiger partial charge in [-0.1, -0.05) is 48.5 Å². The molecule has 0 spiro atoms. The summed E-state index contributed by atoms with van der Waals surface area (Å²) in [6.45, 7) is 2.24. The quantitative estimate of drug-likeness (QED) is 0.449. The van der Waals surface area contributed by atoms with E-state index in [1.54, 1.807) is 37.5 Å². The molecule has 2 amide bonds. The highest BCUT2D eigenvalue weighted by atomic mass is 16.5. The summed E-state index contributed by atoms with van der Waals surface area (Å²) >= 11 is 0. The molecule has 2 aliphatic rings. The zero-order valence-electron chi connectivity index (χ0n) is 18.7. The van der Waals surface area contributed by atoms with Crippen LogP contribution in [0.25, 0.3) is 0 Å². The Morgan fingerprint density at radius 3 is 2.44 bits per heavy atom. The number of hydrogen-bond donors (Lipinski definition) is 1. The van der Waals surface area contributed by atoms with Gasteiger partial charge in [0.15, 0.2) is 6.10 Å². The second-order valence-corrected chi connectivity index (χ2v) is 8.60. The number of aliphatic hydroxyl groups is 1. The molecule has 8 nitrogen and oxygen atoms in total. The molecule has 2 aromatic carbocycles. The molecule has 1 fully saturated rings. The molecular weight excluding hydrogens is 434 g/mol. The number of esters is 1. The summed E-state index contributed by atoms with van der Waals surface area (Å²) in [5.74, 6) is -3.60. The molecule has 0 bridgehead atoms. The first-order valence-electron chi connectivity index (χ1n) is 11.4. The molecule has 1 aliphatic carbocycles. The molecule has 1 saturated heterocycles. The highest BCUT2D eigenvalue weighted by Crippen LogP contribution is 2.49. The largest absolute Gasteiger partial charge is 0.464 e. The van der Waals surface area contributed by atoms with Gasteiger partial charge < -0.3 is 14.4 Å². The van der Waals surface area contributed by atoms with Gasteiger partial charge in [-0.3, -0.25) is 9.59 Å². The molecule has 2 heterocycles. The topological polar surface area (TPSA) is 102 Å². The van der Waals surface area contributed by atoms with Crippen LogP contribution in [-0.4, -0.2) is 45.2 Å². The number of rotatable bonds is 6. The zero-order valence-corrected chi connectivity index (χ0v) is 18.7. The maximum atomic E-state index is 13.6. The van der Waals surface area contributed by atoms with Crippen LogP contribution in [0.5, 0.6) is 0 Å². The highest BCUT2D eigenvalue weighted by Gasteiger charge is 2.56. The number of carbonyl (C=O) groups is 3. The number of ether oxygens (including phenoxy) is 1. The lowest BCUT2D eigenvalue weighted by Gasteiger charge is -2.31. The number of fused-ring (bicyclic) bond motifs is 3. The summed E-state index contributed by atoms with van der Waals surface area (Å²) in [6.07, 6.45) is 0.273. The molecule has 34 heavy (non-hydrogen) atoms. The number of para-hydroxylation sites is 1. The molecule has 1 aliphatic heterocycles. The molecule has 4 atom stereocenters. The Labute approximate surface area is 196 Å². The minimum Gasteiger partial charge on any atom is -0.464 e. The number of anilines is 1. The third kappa shape index (κ3) is 3.60. The van der Waals surface area contributed by atoms with E-state index in [9.17, 15) is 19.5 Å². The number of carbonyl (C=O) groups excluding carboxylic acids is 3. The predicted octanol–water partition coefficient (Wildman–Crippen LogP) is 2.62. The van der Waals surface area contributed by atoms with Crippen molar-refractivity contribution in [3.05, 3.63) is 83.9 Å². The fourth-order valence-electron chi connectivity index (χ4n) is 5.10. The third-order valence-electron chi connectivity index (χ3n) is 6.61. The number of amides is 2. The first kappa shape index (κ1) is 22.0.